The van der Waals surface area contributed by atoms with Crippen molar-refractivity contribution in [2.75, 3.05) is 6.54 Å². The normalized spacial score (nSPS) is 10.8. The van der Waals surface area contributed by atoms with Crippen LogP contribution in [0.25, 0.3) is 0 Å². The highest BCUT2D eigenvalue weighted by molar-refractivity contribution is 5.70. The zero-order valence-electron chi connectivity index (χ0n) is 15.5. The molecule has 0 saturated carbocycles. The molecule has 0 aliphatic rings. The number of carbonyl (C=O) groups excluding carboxylic acids is 1. The number of nitrogens with one attached hydrogen (secondary N) is 2. The number of hydrazine groups is 1. The van der Waals surface area contributed by atoms with Crippen molar-refractivity contribution in [3.63, 3.8) is 0 Å². The fourth-order valence-electron chi connectivity index (χ4n) is 2.91. The lowest BCUT2D eigenvalue weighted by Crippen LogP contribution is -2.41. The van der Waals surface area contributed by atoms with Gasteiger partial charge in [-0.2, -0.15) is 0 Å². The number of primary amides is 1. The first-order chi connectivity index (χ1) is 11.3. The summed E-state index contributed by atoms with van der Waals surface area (Å²) in [6.07, 6.45) is 22.0. The second-order valence-corrected chi connectivity index (χ2v) is 6.72. The van der Waals surface area contributed by atoms with Crippen LogP contribution in [0.15, 0.2) is 0 Å². The van der Waals surface area contributed by atoms with Crippen molar-refractivity contribution < 1.29 is 4.79 Å². The third kappa shape index (κ3) is 21.2. The summed E-state index contributed by atoms with van der Waals surface area (Å²) in [4.78, 5) is 10.4. The van der Waals surface area contributed by atoms with Crippen molar-refractivity contribution in [1.82, 2.24) is 10.9 Å². The van der Waals surface area contributed by atoms with E-state index >= 15 is 0 Å². The van der Waals surface area contributed by atoms with E-state index in [1.165, 1.54) is 96.3 Å². The number of urea groups is 1. The third-order valence-corrected chi connectivity index (χ3v) is 4.37. The molecular weight excluding hydrogens is 286 g/mol. The molecular formula is C19H41N3O. The second kappa shape index (κ2) is 19.3. The number of rotatable bonds is 18. The number of amides is 2. The number of nitrogens with two attached hydrogens (primary N) is 1. The van der Waals surface area contributed by atoms with E-state index in [4.69, 9.17) is 5.73 Å². The molecule has 4 heteroatoms. The van der Waals surface area contributed by atoms with E-state index in [1.54, 1.807) is 0 Å². The lowest BCUT2D eigenvalue weighted by atomic mass is 10.0. The zero-order valence-corrected chi connectivity index (χ0v) is 15.5. The Labute approximate surface area is 144 Å². The average Bonchev–Trinajstić information content (AvgIpc) is 2.53. The van der Waals surface area contributed by atoms with Gasteiger partial charge in [-0.3, -0.25) is 5.43 Å². The minimum absolute atomic E-state index is 0.513. The van der Waals surface area contributed by atoms with Crippen LogP contribution in [-0.2, 0) is 0 Å². The van der Waals surface area contributed by atoms with Crippen molar-refractivity contribution in [3.8, 4) is 0 Å². The smallest absolute Gasteiger partial charge is 0.326 e. The molecule has 0 spiro atoms. The molecule has 0 rings (SSSR count). The van der Waals surface area contributed by atoms with Crippen molar-refractivity contribution in [2.24, 2.45) is 5.73 Å². The molecule has 0 atom stereocenters. The molecule has 0 radical (unpaired) electrons. The summed E-state index contributed by atoms with van der Waals surface area (Å²) >= 11 is 0. The highest BCUT2D eigenvalue weighted by Crippen LogP contribution is 2.13. The molecule has 0 heterocycles. The first-order valence-electron chi connectivity index (χ1n) is 10.1. The first kappa shape index (κ1) is 22.2. The van der Waals surface area contributed by atoms with Gasteiger partial charge in [-0.1, -0.05) is 103 Å². The van der Waals surface area contributed by atoms with Crippen LogP contribution in [0.3, 0.4) is 0 Å². The maximum Gasteiger partial charge on any atom is 0.326 e. The molecule has 2 amide bonds. The molecule has 4 N–H and O–H groups in total. The Bertz CT molecular complexity index is 247. The van der Waals surface area contributed by atoms with Gasteiger partial charge in [-0.15, -0.1) is 0 Å². The van der Waals surface area contributed by atoms with Crippen LogP contribution >= 0.6 is 0 Å². The number of hydrogen-bond donors (Lipinski definition) is 3. The quantitative estimate of drug-likeness (QED) is 0.232. The molecule has 0 aromatic heterocycles. The Morgan fingerprint density at radius 1 is 0.652 bits per heavy atom. The van der Waals surface area contributed by atoms with Gasteiger partial charge in [0.15, 0.2) is 0 Å². The monoisotopic (exact) mass is 327 g/mol. The molecule has 0 saturated heterocycles. The van der Waals surface area contributed by atoms with Crippen molar-refractivity contribution >= 4 is 6.03 Å². The fourth-order valence-corrected chi connectivity index (χ4v) is 2.91. The van der Waals surface area contributed by atoms with Crippen LogP contribution in [-0.4, -0.2) is 12.6 Å². The predicted molar refractivity (Wildman–Crippen MR) is 100 cm³/mol. The van der Waals surface area contributed by atoms with E-state index in [9.17, 15) is 4.79 Å². The SMILES string of the molecule is CCCCCCCCCCCCCCCCCCNNC(N)=O. The van der Waals surface area contributed by atoms with Gasteiger partial charge < -0.3 is 5.73 Å². The van der Waals surface area contributed by atoms with Gasteiger partial charge in [-0.05, 0) is 6.42 Å². The first-order valence-corrected chi connectivity index (χ1v) is 10.1. The van der Waals surface area contributed by atoms with E-state index in [2.05, 4.69) is 17.8 Å². The van der Waals surface area contributed by atoms with E-state index in [-0.39, 0.29) is 0 Å². The number of carbonyl (C=O) groups is 1. The molecule has 0 aliphatic carbocycles. The van der Waals surface area contributed by atoms with Crippen LogP contribution in [0.4, 0.5) is 4.79 Å². The summed E-state index contributed by atoms with van der Waals surface area (Å²) in [5, 5.41) is 0. The van der Waals surface area contributed by atoms with Crippen LogP contribution in [0.2, 0.25) is 0 Å². The Hall–Kier alpha value is -0.770. The van der Waals surface area contributed by atoms with Crippen molar-refractivity contribution in [2.45, 2.75) is 110 Å². The summed E-state index contributed by atoms with van der Waals surface area (Å²) < 4.78 is 0. The summed E-state index contributed by atoms with van der Waals surface area (Å²) in [5.74, 6) is 0. The van der Waals surface area contributed by atoms with E-state index in [0.29, 0.717) is 0 Å². The van der Waals surface area contributed by atoms with Crippen molar-refractivity contribution in [3.05, 3.63) is 0 Å². The molecule has 0 fully saturated rings. The Balaban J connectivity index is 2.96. The number of hydrogen-bond acceptors (Lipinski definition) is 2. The Morgan fingerprint density at radius 2 is 1.00 bits per heavy atom. The summed E-state index contributed by atoms with van der Waals surface area (Å²) in [5.41, 5.74) is 10.1. The minimum atomic E-state index is -0.513. The zero-order chi connectivity index (χ0) is 17.0. The van der Waals surface area contributed by atoms with E-state index in [1.807, 2.05) is 0 Å². The topological polar surface area (TPSA) is 67.2 Å². The second-order valence-electron chi connectivity index (χ2n) is 6.72. The lowest BCUT2D eigenvalue weighted by Gasteiger charge is -2.05. The van der Waals surface area contributed by atoms with Gasteiger partial charge in [-0.25, -0.2) is 10.2 Å². The maximum atomic E-state index is 10.4. The van der Waals surface area contributed by atoms with Crippen LogP contribution < -0.4 is 16.6 Å². The molecule has 0 unspecified atom stereocenters. The molecule has 0 aromatic carbocycles. The summed E-state index contributed by atoms with van der Waals surface area (Å²) in [7, 11) is 0. The van der Waals surface area contributed by atoms with Gasteiger partial charge >= 0.3 is 6.03 Å². The highest BCUT2D eigenvalue weighted by atomic mass is 16.2. The van der Waals surface area contributed by atoms with E-state index < -0.39 is 6.03 Å². The molecule has 0 aromatic rings. The fraction of sp³-hybridized carbons (Fsp3) is 0.947. The van der Waals surface area contributed by atoms with Gasteiger partial charge in [0.2, 0.25) is 0 Å². The third-order valence-electron chi connectivity index (χ3n) is 4.37. The van der Waals surface area contributed by atoms with Gasteiger partial charge in [0.1, 0.15) is 0 Å². The minimum Gasteiger partial charge on any atom is -0.351 e. The summed E-state index contributed by atoms with van der Waals surface area (Å²) in [6, 6.07) is -0.513. The van der Waals surface area contributed by atoms with Crippen molar-refractivity contribution in [1.29, 1.82) is 0 Å². The average molecular weight is 328 g/mol. The van der Waals surface area contributed by atoms with E-state index in [0.717, 1.165) is 13.0 Å². The van der Waals surface area contributed by atoms with Gasteiger partial charge in [0.05, 0.1) is 0 Å². The largest absolute Gasteiger partial charge is 0.351 e. The van der Waals surface area contributed by atoms with Gasteiger partial charge in [0, 0.05) is 6.54 Å². The number of unbranched alkanes of at least 4 members (excludes halogenated alkanes) is 15. The highest BCUT2D eigenvalue weighted by Gasteiger charge is 1.95. The maximum absolute atomic E-state index is 10.4. The van der Waals surface area contributed by atoms with Crippen LogP contribution in [0, 0.1) is 0 Å². The molecule has 138 valence electrons. The van der Waals surface area contributed by atoms with Crippen LogP contribution in [0.1, 0.15) is 110 Å². The summed E-state index contributed by atoms with van der Waals surface area (Å²) in [6.45, 7) is 3.09. The van der Waals surface area contributed by atoms with Gasteiger partial charge in [0.25, 0.3) is 0 Å². The molecule has 0 bridgehead atoms. The Morgan fingerprint density at radius 3 is 1.35 bits per heavy atom. The molecule has 0 aliphatic heterocycles. The van der Waals surface area contributed by atoms with Crippen LogP contribution in [0.5, 0.6) is 0 Å². The molecule has 23 heavy (non-hydrogen) atoms. The molecule has 4 nitrogen and oxygen atoms in total. The standard InChI is InChI=1S/C19H41N3O/c1-2-3-4-5-6-7-8-9-10-11-12-13-14-15-16-17-18-21-22-19(20)23/h21H,2-18H2,1H3,(H3,20,22,23). The lowest BCUT2D eigenvalue weighted by molar-refractivity contribution is 0.244. The Kier molecular flexibility index (Phi) is 18.6. The predicted octanol–water partition coefficient (Wildman–Crippen LogP) is 5.42.